The molecule has 0 aliphatic carbocycles. The molecule has 0 aliphatic rings. The lowest BCUT2D eigenvalue weighted by molar-refractivity contribution is 0.609. The number of rotatable bonds is 7. The molecule has 1 heterocycles. The Hall–Kier alpha value is -3.19. The Labute approximate surface area is 194 Å². The maximum absolute atomic E-state index is 13.8. The number of nitrogens with zero attached hydrogens (tertiary/aromatic N) is 1. The first-order valence-corrected chi connectivity index (χ1v) is 12.3. The maximum atomic E-state index is 13.8. The van der Waals surface area contributed by atoms with E-state index in [1.807, 2.05) is 32.9 Å². The summed E-state index contributed by atoms with van der Waals surface area (Å²) < 4.78 is 42.5. The van der Waals surface area contributed by atoms with E-state index in [4.69, 9.17) is 0 Å². The third-order valence-corrected chi connectivity index (χ3v) is 6.81. The van der Waals surface area contributed by atoms with Crippen LogP contribution < -0.4 is 10.3 Å². The van der Waals surface area contributed by atoms with Crippen LogP contribution in [0, 0.1) is 19.7 Å². The number of hydrogen-bond acceptors (Lipinski definition) is 3. The topological polar surface area (TPSA) is 68.2 Å². The highest BCUT2D eigenvalue weighted by molar-refractivity contribution is 7.95. The summed E-state index contributed by atoms with van der Waals surface area (Å²) >= 11 is 0. The van der Waals surface area contributed by atoms with Crippen LogP contribution in [-0.4, -0.2) is 13.0 Å². The van der Waals surface area contributed by atoms with Crippen molar-refractivity contribution in [2.45, 2.75) is 40.5 Å². The number of sulfonamides is 1. The van der Waals surface area contributed by atoms with Gasteiger partial charge in [0.05, 0.1) is 0 Å². The van der Waals surface area contributed by atoms with E-state index in [2.05, 4.69) is 4.72 Å². The van der Waals surface area contributed by atoms with Gasteiger partial charge in [-0.05, 0) is 97.3 Å². The molecule has 0 atom stereocenters. The predicted molar refractivity (Wildman–Crippen MR) is 133 cm³/mol. The van der Waals surface area contributed by atoms with E-state index in [0.717, 1.165) is 38.8 Å². The van der Waals surface area contributed by atoms with Crippen LogP contribution >= 0.6 is 0 Å². The van der Waals surface area contributed by atoms with Gasteiger partial charge in [0, 0.05) is 29.9 Å². The zero-order valence-electron chi connectivity index (χ0n) is 19.6. The summed E-state index contributed by atoms with van der Waals surface area (Å²) in [7, 11) is -1.92. The van der Waals surface area contributed by atoms with Crippen LogP contribution in [0.1, 0.15) is 41.7 Å². The first kappa shape index (κ1) is 24.5. The number of halogens is 1. The second-order valence-corrected chi connectivity index (χ2v) is 9.77. The van der Waals surface area contributed by atoms with Crippen LogP contribution in [0.2, 0.25) is 0 Å². The van der Waals surface area contributed by atoms with Crippen molar-refractivity contribution in [3.63, 3.8) is 0 Å². The summed E-state index contributed by atoms with van der Waals surface area (Å²) in [5, 5.41) is 1.10. The van der Waals surface area contributed by atoms with Crippen LogP contribution in [0.5, 0.6) is 0 Å². The van der Waals surface area contributed by atoms with Gasteiger partial charge in [0.25, 0.3) is 15.6 Å². The summed E-state index contributed by atoms with van der Waals surface area (Å²) in [4.78, 5) is 12.4. The first-order valence-electron chi connectivity index (χ1n) is 10.8. The van der Waals surface area contributed by atoms with Gasteiger partial charge in [-0.15, -0.1) is 0 Å². The molecular weight excluding hydrogens is 439 g/mol. The van der Waals surface area contributed by atoms with Crippen LogP contribution in [0.25, 0.3) is 11.1 Å². The molecule has 0 bridgehead atoms. The molecule has 0 saturated heterocycles. The molecule has 0 radical (unpaired) electrons. The van der Waals surface area contributed by atoms with Gasteiger partial charge in [-0.2, -0.15) is 0 Å². The molecule has 0 fully saturated rings. The maximum Gasteiger partial charge on any atom is 0.254 e. The van der Waals surface area contributed by atoms with Crippen LogP contribution in [0.4, 0.5) is 10.1 Å². The van der Waals surface area contributed by atoms with E-state index in [-0.39, 0.29) is 11.4 Å². The predicted octanol–water partition coefficient (Wildman–Crippen LogP) is 5.24. The third kappa shape index (κ3) is 5.60. The van der Waals surface area contributed by atoms with Crippen molar-refractivity contribution < 1.29 is 12.8 Å². The quantitative estimate of drug-likeness (QED) is 0.516. The highest BCUT2D eigenvalue weighted by Gasteiger charge is 2.15. The molecule has 7 heteroatoms. The molecule has 1 N–H and O–H groups in total. The fraction of sp³-hybridized carbons (Fsp3) is 0.269. The van der Waals surface area contributed by atoms with Gasteiger partial charge >= 0.3 is 0 Å². The van der Waals surface area contributed by atoms with Crippen molar-refractivity contribution in [1.29, 1.82) is 0 Å². The van der Waals surface area contributed by atoms with E-state index in [1.165, 1.54) is 18.2 Å². The Kier molecular flexibility index (Phi) is 7.22. The van der Waals surface area contributed by atoms with E-state index in [9.17, 15) is 17.6 Å². The summed E-state index contributed by atoms with van der Waals surface area (Å²) in [6.45, 7) is 7.32. The summed E-state index contributed by atoms with van der Waals surface area (Å²) in [6, 6.07) is 10.3. The molecular formula is C26H29FN2O3S. The fourth-order valence-corrected chi connectivity index (χ4v) is 4.91. The molecule has 1 aromatic heterocycles. The van der Waals surface area contributed by atoms with Crippen molar-refractivity contribution in [1.82, 2.24) is 4.57 Å². The minimum atomic E-state index is -3.63. The van der Waals surface area contributed by atoms with E-state index in [1.54, 1.807) is 36.9 Å². The molecule has 3 rings (SSSR count). The molecule has 0 saturated carbocycles. The van der Waals surface area contributed by atoms with Crippen LogP contribution in [0.15, 0.2) is 58.9 Å². The fourth-order valence-electron chi connectivity index (χ4n) is 4.03. The second kappa shape index (κ2) is 9.75. The third-order valence-electron chi connectivity index (χ3n) is 5.66. The van der Waals surface area contributed by atoms with Gasteiger partial charge in [0.1, 0.15) is 5.82 Å². The van der Waals surface area contributed by atoms with Gasteiger partial charge < -0.3 is 4.57 Å². The average molecular weight is 469 g/mol. The largest absolute Gasteiger partial charge is 0.318 e. The van der Waals surface area contributed by atoms with E-state index in [0.29, 0.717) is 24.1 Å². The van der Waals surface area contributed by atoms with Crippen molar-refractivity contribution >= 4 is 15.7 Å². The number of allylic oxidation sites excluding steroid dienone is 1. The molecule has 0 spiro atoms. The van der Waals surface area contributed by atoms with Gasteiger partial charge in [-0.25, -0.2) is 12.8 Å². The zero-order valence-corrected chi connectivity index (χ0v) is 20.4. The van der Waals surface area contributed by atoms with Crippen LogP contribution in [-0.2, 0) is 29.9 Å². The van der Waals surface area contributed by atoms with Gasteiger partial charge in [-0.3, -0.25) is 9.52 Å². The number of anilines is 1. The number of hydrogen-bond donors (Lipinski definition) is 1. The Balaban J connectivity index is 2.20. The highest BCUT2D eigenvalue weighted by atomic mass is 32.2. The Morgan fingerprint density at radius 1 is 1.06 bits per heavy atom. The number of aryl methyl sites for hydroxylation is 4. The molecule has 2 aromatic carbocycles. The number of nitrogens with one attached hydrogen (secondary N) is 1. The molecule has 3 aromatic rings. The molecule has 0 unspecified atom stereocenters. The SMILES string of the molecule is C/C=C/S(=O)(=O)Nc1ccc(Cc2c(C)cc(F)cc2C)c(-c2cc(CC)c(=O)n(C)c2)c1. The zero-order chi connectivity index (χ0) is 24.3. The lowest BCUT2D eigenvalue weighted by atomic mass is 9.90. The summed E-state index contributed by atoms with van der Waals surface area (Å²) in [5.74, 6) is -0.270. The van der Waals surface area contributed by atoms with Crippen molar-refractivity contribution in [3.8, 4) is 11.1 Å². The smallest absolute Gasteiger partial charge is 0.254 e. The van der Waals surface area contributed by atoms with E-state index < -0.39 is 10.0 Å². The Morgan fingerprint density at radius 3 is 2.33 bits per heavy atom. The normalized spacial score (nSPS) is 11.8. The van der Waals surface area contributed by atoms with Crippen LogP contribution in [0.3, 0.4) is 0 Å². The minimum absolute atomic E-state index is 0.0574. The first-order chi connectivity index (χ1) is 15.5. The van der Waals surface area contributed by atoms with Gasteiger partial charge in [0.15, 0.2) is 0 Å². The number of pyridine rings is 1. The lowest BCUT2D eigenvalue weighted by Gasteiger charge is -2.17. The summed E-state index contributed by atoms with van der Waals surface area (Å²) in [5.41, 5.74) is 6.33. The average Bonchev–Trinajstić information content (AvgIpc) is 2.73. The molecule has 174 valence electrons. The number of benzene rings is 2. The van der Waals surface area contributed by atoms with Gasteiger partial charge in [-0.1, -0.05) is 19.1 Å². The Bertz CT molecular complexity index is 1370. The lowest BCUT2D eigenvalue weighted by Crippen LogP contribution is -2.20. The van der Waals surface area contributed by atoms with Crippen molar-refractivity contribution in [2.24, 2.45) is 7.05 Å². The standard InChI is InChI=1S/C26H29FN2O3S/c1-6-10-33(31,32)28-23-9-8-20(14-24-17(3)11-22(27)12-18(24)4)25(15-23)21-13-19(7-2)26(30)29(5)16-21/h6,8-13,15-16,28H,7,14H2,1-5H3/b10-6+. The van der Waals surface area contributed by atoms with Crippen molar-refractivity contribution in [3.05, 3.63) is 98.1 Å². The molecule has 5 nitrogen and oxygen atoms in total. The molecule has 33 heavy (non-hydrogen) atoms. The highest BCUT2D eigenvalue weighted by Crippen LogP contribution is 2.31. The number of aromatic nitrogens is 1. The van der Waals surface area contributed by atoms with E-state index >= 15 is 0 Å². The summed E-state index contributed by atoms with van der Waals surface area (Å²) in [6.07, 6.45) is 4.34. The monoisotopic (exact) mass is 468 g/mol. The van der Waals surface area contributed by atoms with Gasteiger partial charge in [0.2, 0.25) is 0 Å². The molecule has 0 aliphatic heterocycles. The molecule has 0 amide bonds. The Morgan fingerprint density at radius 2 is 1.73 bits per heavy atom. The van der Waals surface area contributed by atoms with Crippen molar-refractivity contribution in [2.75, 3.05) is 4.72 Å². The minimum Gasteiger partial charge on any atom is -0.318 e. The second-order valence-electron chi connectivity index (χ2n) is 8.21.